The third-order valence-electron chi connectivity index (χ3n) is 3.44. The molecule has 0 unspecified atom stereocenters. The lowest BCUT2D eigenvalue weighted by Gasteiger charge is -2.09. The van der Waals surface area contributed by atoms with Crippen LogP contribution in [0.3, 0.4) is 0 Å². The molecular formula is C16H13NO5S2. The Morgan fingerprint density at radius 2 is 1.29 bits per heavy atom. The Morgan fingerprint density at radius 3 is 1.92 bits per heavy atom. The Balaban J connectivity index is 1.92. The number of hydrogen-bond donors (Lipinski definition) is 2. The molecule has 0 atom stereocenters. The normalized spacial score (nSPS) is 12.2. The maximum atomic E-state index is 12.4. The molecule has 0 fully saturated rings. The molecule has 0 radical (unpaired) electrons. The van der Waals surface area contributed by atoms with Gasteiger partial charge in [-0.05, 0) is 47.2 Å². The van der Waals surface area contributed by atoms with Crippen LogP contribution in [0.2, 0.25) is 0 Å². The molecular weight excluding hydrogens is 350 g/mol. The Labute approximate surface area is 139 Å². The van der Waals surface area contributed by atoms with Crippen molar-refractivity contribution in [3.8, 4) is 0 Å². The van der Waals surface area contributed by atoms with Gasteiger partial charge in [0.2, 0.25) is 0 Å². The first-order chi connectivity index (χ1) is 11.3. The average Bonchev–Trinajstić information content (AvgIpc) is 2.53. The molecule has 0 bridgehead atoms. The molecule has 0 aliphatic rings. The monoisotopic (exact) mass is 363 g/mol. The predicted molar refractivity (Wildman–Crippen MR) is 91.0 cm³/mol. The van der Waals surface area contributed by atoms with Crippen LogP contribution in [0.4, 0.5) is 5.69 Å². The molecule has 0 aromatic heterocycles. The van der Waals surface area contributed by atoms with Gasteiger partial charge in [0, 0.05) is 5.69 Å². The van der Waals surface area contributed by atoms with Gasteiger partial charge < -0.3 is 0 Å². The summed E-state index contributed by atoms with van der Waals surface area (Å²) in [7, 11) is -8.13. The van der Waals surface area contributed by atoms with E-state index in [9.17, 15) is 16.8 Å². The molecule has 0 saturated heterocycles. The van der Waals surface area contributed by atoms with E-state index in [-0.39, 0.29) is 15.5 Å². The number of anilines is 1. The van der Waals surface area contributed by atoms with Crippen molar-refractivity contribution in [3.63, 3.8) is 0 Å². The van der Waals surface area contributed by atoms with Gasteiger partial charge in [-0.1, -0.05) is 30.3 Å². The number of sulfonamides is 1. The van der Waals surface area contributed by atoms with E-state index in [0.29, 0.717) is 0 Å². The zero-order valence-electron chi connectivity index (χ0n) is 12.2. The van der Waals surface area contributed by atoms with Crippen molar-refractivity contribution in [3.05, 3.63) is 66.7 Å². The number of benzene rings is 3. The van der Waals surface area contributed by atoms with E-state index in [1.54, 1.807) is 12.1 Å². The zero-order valence-corrected chi connectivity index (χ0v) is 13.9. The molecule has 124 valence electrons. The zero-order chi connectivity index (χ0) is 17.4. The fourth-order valence-corrected chi connectivity index (χ4v) is 3.82. The summed E-state index contributed by atoms with van der Waals surface area (Å²) >= 11 is 0. The first-order valence-corrected chi connectivity index (χ1v) is 9.77. The summed E-state index contributed by atoms with van der Waals surface area (Å²) in [6, 6.07) is 16.9. The second-order valence-corrected chi connectivity index (χ2v) is 8.22. The van der Waals surface area contributed by atoms with Crippen molar-refractivity contribution in [2.75, 3.05) is 4.72 Å². The summed E-state index contributed by atoms with van der Waals surface area (Å²) < 4.78 is 58.2. The van der Waals surface area contributed by atoms with Crippen LogP contribution in [0.25, 0.3) is 10.8 Å². The van der Waals surface area contributed by atoms with Crippen molar-refractivity contribution in [1.82, 2.24) is 0 Å². The molecule has 0 heterocycles. The minimum absolute atomic E-state index is 0.0973. The second-order valence-electron chi connectivity index (χ2n) is 5.11. The summed E-state index contributed by atoms with van der Waals surface area (Å²) in [6.07, 6.45) is 0. The van der Waals surface area contributed by atoms with Gasteiger partial charge in [-0.15, -0.1) is 0 Å². The molecule has 0 spiro atoms. The Morgan fingerprint density at radius 1 is 0.708 bits per heavy atom. The molecule has 3 aromatic carbocycles. The number of nitrogens with one attached hydrogen (secondary N) is 1. The molecule has 3 rings (SSSR count). The lowest BCUT2D eigenvalue weighted by atomic mass is 10.1. The Kier molecular flexibility index (Phi) is 4.04. The third kappa shape index (κ3) is 3.40. The lowest BCUT2D eigenvalue weighted by Crippen LogP contribution is -2.13. The van der Waals surface area contributed by atoms with E-state index in [4.69, 9.17) is 4.55 Å². The van der Waals surface area contributed by atoms with Gasteiger partial charge in [0.1, 0.15) is 0 Å². The molecule has 0 saturated carbocycles. The van der Waals surface area contributed by atoms with E-state index in [1.165, 1.54) is 18.2 Å². The van der Waals surface area contributed by atoms with E-state index in [1.807, 2.05) is 24.3 Å². The van der Waals surface area contributed by atoms with Gasteiger partial charge in [0.05, 0.1) is 9.79 Å². The molecule has 3 aromatic rings. The maximum absolute atomic E-state index is 12.4. The maximum Gasteiger partial charge on any atom is 0.294 e. The van der Waals surface area contributed by atoms with Crippen molar-refractivity contribution in [2.45, 2.75) is 9.79 Å². The van der Waals surface area contributed by atoms with Crippen molar-refractivity contribution >= 4 is 36.6 Å². The van der Waals surface area contributed by atoms with Crippen LogP contribution in [0, 0.1) is 0 Å². The molecule has 6 nitrogen and oxygen atoms in total. The topological polar surface area (TPSA) is 101 Å². The SMILES string of the molecule is O=S(=O)(O)c1ccc(NS(=O)(=O)c2ccc3ccccc3c2)cc1. The van der Waals surface area contributed by atoms with Gasteiger partial charge >= 0.3 is 0 Å². The van der Waals surface area contributed by atoms with Crippen molar-refractivity contribution in [1.29, 1.82) is 0 Å². The highest BCUT2D eigenvalue weighted by Crippen LogP contribution is 2.22. The third-order valence-corrected chi connectivity index (χ3v) is 5.68. The summed E-state index contributed by atoms with van der Waals surface area (Å²) in [5.41, 5.74) is 0.190. The highest BCUT2D eigenvalue weighted by Gasteiger charge is 2.15. The van der Waals surface area contributed by atoms with Crippen LogP contribution in [-0.2, 0) is 20.1 Å². The molecule has 2 N–H and O–H groups in total. The standard InChI is InChI=1S/C16H13NO5S2/c18-23(19,16-8-5-12-3-1-2-4-13(12)11-16)17-14-6-9-15(10-7-14)24(20,21)22/h1-11,17H,(H,20,21,22). The number of hydrogen-bond acceptors (Lipinski definition) is 4. The second kappa shape index (κ2) is 5.90. The van der Waals surface area contributed by atoms with E-state index in [0.717, 1.165) is 22.9 Å². The molecule has 24 heavy (non-hydrogen) atoms. The Hall–Kier alpha value is -2.42. The van der Waals surface area contributed by atoms with Crippen LogP contribution in [0.15, 0.2) is 76.5 Å². The lowest BCUT2D eigenvalue weighted by molar-refractivity contribution is 0.483. The average molecular weight is 363 g/mol. The molecule has 8 heteroatoms. The van der Waals surface area contributed by atoms with Crippen LogP contribution < -0.4 is 4.72 Å². The summed E-state index contributed by atoms with van der Waals surface area (Å²) in [6.45, 7) is 0. The van der Waals surface area contributed by atoms with E-state index < -0.39 is 20.1 Å². The number of rotatable bonds is 4. The van der Waals surface area contributed by atoms with Gasteiger partial charge in [0.25, 0.3) is 20.1 Å². The van der Waals surface area contributed by atoms with Crippen LogP contribution in [0.5, 0.6) is 0 Å². The van der Waals surface area contributed by atoms with Gasteiger partial charge in [0.15, 0.2) is 0 Å². The van der Waals surface area contributed by atoms with E-state index in [2.05, 4.69) is 4.72 Å². The highest BCUT2D eigenvalue weighted by atomic mass is 32.2. The Bertz CT molecular complexity index is 1100. The summed E-state index contributed by atoms with van der Waals surface area (Å²) in [5.74, 6) is 0. The fraction of sp³-hybridized carbons (Fsp3) is 0. The summed E-state index contributed by atoms with van der Waals surface area (Å²) in [4.78, 5) is -0.212. The quantitative estimate of drug-likeness (QED) is 0.694. The predicted octanol–water partition coefficient (Wildman–Crippen LogP) is 2.89. The van der Waals surface area contributed by atoms with E-state index >= 15 is 0 Å². The van der Waals surface area contributed by atoms with Crippen LogP contribution in [0.1, 0.15) is 0 Å². The summed E-state index contributed by atoms with van der Waals surface area (Å²) in [5, 5.41) is 1.72. The molecule has 0 amide bonds. The largest absolute Gasteiger partial charge is 0.294 e. The smallest absolute Gasteiger partial charge is 0.282 e. The van der Waals surface area contributed by atoms with Crippen LogP contribution in [-0.4, -0.2) is 21.4 Å². The van der Waals surface area contributed by atoms with Crippen LogP contribution >= 0.6 is 0 Å². The first kappa shape index (κ1) is 16.4. The molecule has 0 aliphatic heterocycles. The van der Waals surface area contributed by atoms with Gasteiger partial charge in [-0.25, -0.2) is 8.42 Å². The van der Waals surface area contributed by atoms with Crippen molar-refractivity contribution in [2.24, 2.45) is 0 Å². The minimum Gasteiger partial charge on any atom is -0.282 e. The highest BCUT2D eigenvalue weighted by molar-refractivity contribution is 7.92. The minimum atomic E-state index is -4.32. The van der Waals surface area contributed by atoms with Gasteiger partial charge in [-0.2, -0.15) is 8.42 Å². The fourth-order valence-electron chi connectivity index (χ4n) is 2.24. The number of fused-ring (bicyclic) bond motifs is 1. The van der Waals surface area contributed by atoms with Crippen molar-refractivity contribution < 1.29 is 21.4 Å². The van der Waals surface area contributed by atoms with Gasteiger partial charge in [-0.3, -0.25) is 9.27 Å². The first-order valence-electron chi connectivity index (χ1n) is 6.85. The molecule has 0 aliphatic carbocycles.